The molecule has 0 aliphatic carbocycles. The zero-order chi connectivity index (χ0) is 11.4. The van der Waals surface area contributed by atoms with Gasteiger partial charge in [-0.05, 0) is 47.3 Å². The predicted octanol–water partition coefficient (Wildman–Crippen LogP) is 3.63. The first kappa shape index (κ1) is 12.5. The van der Waals surface area contributed by atoms with Crippen molar-refractivity contribution in [2.75, 3.05) is 18.5 Å². The number of halogens is 1. The van der Waals surface area contributed by atoms with Gasteiger partial charge in [0.1, 0.15) is 5.82 Å². The Morgan fingerprint density at radius 3 is 2.60 bits per heavy atom. The first-order chi connectivity index (χ1) is 7.00. The van der Waals surface area contributed by atoms with E-state index in [1.165, 1.54) is 6.42 Å². The molecule has 0 aromatic carbocycles. The zero-order valence-electron chi connectivity index (χ0n) is 9.92. The molecule has 0 bridgehead atoms. The molecular weight excluding hydrogens is 252 g/mol. The van der Waals surface area contributed by atoms with Crippen molar-refractivity contribution in [3.8, 4) is 0 Å². The molecule has 15 heavy (non-hydrogen) atoms. The van der Waals surface area contributed by atoms with Crippen LogP contribution in [0.15, 0.2) is 16.6 Å². The quantitative estimate of drug-likeness (QED) is 0.831. The van der Waals surface area contributed by atoms with Gasteiger partial charge >= 0.3 is 0 Å². The summed E-state index contributed by atoms with van der Waals surface area (Å²) in [4.78, 5) is 6.74. The Bertz CT molecular complexity index is 323. The maximum Gasteiger partial charge on any atom is 0.128 e. The van der Waals surface area contributed by atoms with Crippen molar-refractivity contribution in [1.82, 2.24) is 4.98 Å². The van der Waals surface area contributed by atoms with Crippen molar-refractivity contribution < 1.29 is 0 Å². The summed E-state index contributed by atoms with van der Waals surface area (Å²) >= 11 is 3.46. The molecule has 0 amide bonds. The SMILES string of the molecule is Cc1nc(N(C)CCC(C)C)ccc1Br. The normalized spacial score (nSPS) is 10.8. The van der Waals surface area contributed by atoms with E-state index in [4.69, 9.17) is 0 Å². The van der Waals surface area contributed by atoms with E-state index in [9.17, 15) is 0 Å². The molecule has 0 aliphatic rings. The molecule has 84 valence electrons. The summed E-state index contributed by atoms with van der Waals surface area (Å²) in [5, 5.41) is 0. The maximum absolute atomic E-state index is 4.53. The van der Waals surface area contributed by atoms with E-state index >= 15 is 0 Å². The molecule has 0 radical (unpaired) electrons. The number of hydrogen-bond acceptors (Lipinski definition) is 2. The van der Waals surface area contributed by atoms with Crippen molar-refractivity contribution in [3.63, 3.8) is 0 Å². The first-order valence-electron chi connectivity index (χ1n) is 5.35. The van der Waals surface area contributed by atoms with Crippen molar-refractivity contribution in [1.29, 1.82) is 0 Å². The number of hydrogen-bond donors (Lipinski definition) is 0. The van der Waals surface area contributed by atoms with Gasteiger partial charge in [-0.2, -0.15) is 0 Å². The van der Waals surface area contributed by atoms with E-state index in [-0.39, 0.29) is 0 Å². The van der Waals surface area contributed by atoms with Crippen molar-refractivity contribution >= 4 is 21.7 Å². The number of pyridine rings is 1. The number of nitrogens with zero attached hydrogens (tertiary/aromatic N) is 2. The third kappa shape index (κ3) is 3.82. The fraction of sp³-hybridized carbons (Fsp3) is 0.583. The van der Waals surface area contributed by atoms with Crippen LogP contribution in [0.25, 0.3) is 0 Å². The smallest absolute Gasteiger partial charge is 0.128 e. The molecule has 2 nitrogen and oxygen atoms in total. The fourth-order valence-corrected chi connectivity index (χ4v) is 1.53. The van der Waals surface area contributed by atoms with Crippen LogP contribution in [0.5, 0.6) is 0 Å². The molecule has 1 heterocycles. The summed E-state index contributed by atoms with van der Waals surface area (Å²) in [6.07, 6.45) is 1.20. The maximum atomic E-state index is 4.53. The van der Waals surface area contributed by atoms with Gasteiger partial charge in [-0.3, -0.25) is 0 Å². The van der Waals surface area contributed by atoms with Gasteiger partial charge < -0.3 is 4.90 Å². The summed E-state index contributed by atoms with van der Waals surface area (Å²) in [5.41, 5.74) is 1.05. The first-order valence-corrected chi connectivity index (χ1v) is 6.14. The van der Waals surface area contributed by atoms with E-state index < -0.39 is 0 Å². The van der Waals surface area contributed by atoms with Crippen molar-refractivity contribution in [3.05, 3.63) is 22.3 Å². The molecule has 0 fully saturated rings. The van der Waals surface area contributed by atoms with E-state index in [1.54, 1.807) is 0 Å². The fourth-order valence-electron chi connectivity index (χ4n) is 1.31. The van der Waals surface area contributed by atoms with Gasteiger partial charge in [0.2, 0.25) is 0 Å². The van der Waals surface area contributed by atoms with Crippen LogP contribution in [0.1, 0.15) is 26.0 Å². The average molecular weight is 271 g/mol. The highest BCUT2D eigenvalue weighted by Crippen LogP contribution is 2.18. The molecule has 3 heteroatoms. The lowest BCUT2D eigenvalue weighted by atomic mass is 10.1. The Labute approximate surface area is 101 Å². The molecule has 1 aromatic heterocycles. The highest BCUT2D eigenvalue weighted by atomic mass is 79.9. The Kier molecular flexibility index (Phi) is 4.58. The zero-order valence-corrected chi connectivity index (χ0v) is 11.5. The van der Waals surface area contributed by atoms with Gasteiger partial charge in [0.05, 0.1) is 5.69 Å². The van der Waals surface area contributed by atoms with Crippen LogP contribution in [0.4, 0.5) is 5.82 Å². The third-order valence-electron chi connectivity index (χ3n) is 2.44. The second-order valence-electron chi connectivity index (χ2n) is 4.34. The van der Waals surface area contributed by atoms with E-state index in [0.29, 0.717) is 0 Å². The minimum atomic E-state index is 0.740. The molecule has 1 rings (SSSR count). The summed E-state index contributed by atoms with van der Waals surface area (Å²) in [5.74, 6) is 1.79. The Hall–Kier alpha value is -0.570. The van der Waals surface area contributed by atoms with Gasteiger partial charge in [0.15, 0.2) is 0 Å². The van der Waals surface area contributed by atoms with Gasteiger partial charge in [-0.25, -0.2) is 4.98 Å². The van der Waals surface area contributed by atoms with E-state index in [2.05, 4.69) is 58.8 Å². The van der Waals surface area contributed by atoms with Crippen molar-refractivity contribution in [2.24, 2.45) is 5.92 Å². The average Bonchev–Trinajstić information content (AvgIpc) is 2.18. The molecule has 0 N–H and O–H groups in total. The van der Waals surface area contributed by atoms with Gasteiger partial charge in [0, 0.05) is 18.1 Å². The molecule has 0 saturated heterocycles. The largest absolute Gasteiger partial charge is 0.360 e. The Balaban J connectivity index is 2.65. The molecule has 0 atom stereocenters. The highest BCUT2D eigenvalue weighted by Gasteiger charge is 2.05. The molecule has 0 unspecified atom stereocenters. The Morgan fingerprint density at radius 2 is 2.07 bits per heavy atom. The lowest BCUT2D eigenvalue weighted by Crippen LogP contribution is -2.21. The molecule has 0 spiro atoms. The van der Waals surface area contributed by atoms with Gasteiger partial charge in [0.25, 0.3) is 0 Å². The van der Waals surface area contributed by atoms with Crippen LogP contribution < -0.4 is 4.90 Å². The van der Waals surface area contributed by atoms with Crippen LogP contribution in [-0.2, 0) is 0 Å². The summed E-state index contributed by atoms with van der Waals surface area (Å²) in [6.45, 7) is 7.57. The Morgan fingerprint density at radius 1 is 1.40 bits per heavy atom. The monoisotopic (exact) mass is 270 g/mol. The third-order valence-corrected chi connectivity index (χ3v) is 3.28. The number of anilines is 1. The summed E-state index contributed by atoms with van der Waals surface area (Å²) in [6, 6.07) is 4.11. The van der Waals surface area contributed by atoms with E-state index in [0.717, 1.165) is 28.4 Å². The lowest BCUT2D eigenvalue weighted by Gasteiger charge is -2.19. The molecule has 1 aromatic rings. The second kappa shape index (κ2) is 5.50. The van der Waals surface area contributed by atoms with Crippen LogP contribution in [0.2, 0.25) is 0 Å². The molecule has 0 aliphatic heterocycles. The minimum Gasteiger partial charge on any atom is -0.360 e. The predicted molar refractivity (Wildman–Crippen MR) is 69.4 cm³/mol. The van der Waals surface area contributed by atoms with Crippen LogP contribution in [-0.4, -0.2) is 18.6 Å². The number of aryl methyl sites for hydroxylation is 1. The molecule has 0 saturated carbocycles. The second-order valence-corrected chi connectivity index (χ2v) is 5.20. The molecular formula is C12H19BrN2. The summed E-state index contributed by atoms with van der Waals surface area (Å²) in [7, 11) is 2.10. The van der Waals surface area contributed by atoms with Crippen LogP contribution in [0.3, 0.4) is 0 Å². The number of aromatic nitrogens is 1. The minimum absolute atomic E-state index is 0.740. The standard InChI is InChI=1S/C12H19BrN2/c1-9(2)7-8-15(4)12-6-5-11(13)10(3)14-12/h5-6,9H,7-8H2,1-4H3. The highest BCUT2D eigenvalue weighted by molar-refractivity contribution is 9.10. The topological polar surface area (TPSA) is 16.1 Å². The lowest BCUT2D eigenvalue weighted by molar-refractivity contribution is 0.583. The van der Waals surface area contributed by atoms with Crippen LogP contribution in [0, 0.1) is 12.8 Å². The van der Waals surface area contributed by atoms with Gasteiger partial charge in [-0.1, -0.05) is 13.8 Å². The number of rotatable bonds is 4. The van der Waals surface area contributed by atoms with Gasteiger partial charge in [-0.15, -0.1) is 0 Å². The summed E-state index contributed by atoms with van der Waals surface area (Å²) < 4.78 is 1.07. The van der Waals surface area contributed by atoms with Crippen LogP contribution >= 0.6 is 15.9 Å². The van der Waals surface area contributed by atoms with Crippen molar-refractivity contribution in [2.45, 2.75) is 27.2 Å². The van der Waals surface area contributed by atoms with E-state index in [1.807, 2.05) is 6.92 Å².